The fraction of sp³-hybridized carbons (Fsp3) is 0.391. The molecular formula is C23H28N2O6S. The van der Waals surface area contributed by atoms with Crippen LogP contribution in [0, 0.1) is 5.92 Å². The molecule has 0 spiro atoms. The van der Waals surface area contributed by atoms with Crippen molar-refractivity contribution in [2.75, 3.05) is 27.3 Å². The lowest BCUT2D eigenvalue weighted by atomic mass is 9.96. The first-order valence-corrected chi connectivity index (χ1v) is 11.8. The molecule has 32 heavy (non-hydrogen) atoms. The summed E-state index contributed by atoms with van der Waals surface area (Å²) in [4.78, 5) is 24.7. The Morgan fingerprint density at radius 1 is 1.03 bits per heavy atom. The van der Waals surface area contributed by atoms with E-state index in [1.165, 1.54) is 23.5 Å². The van der Waals surface area contributed by atoms with E-state index in [9.17, 15) is 18.0 Å². The van der Waals surface area contributed by atoms with Crippen LogP contribution in [0.5, 0.6) is 5.75 Å². The molecule has 172 valence electrons. The Hall–Kier alpha value is -2.91. The molecule has 0 radical (unpaired) electrons. The van der Waals surface area contributed by atoms with Gasteiger partial charge in [0, 0.05) is 24.6 Å². The number of carbonyl (C=O) groups excluding carboxylic acids is 2. The molecule has 1 atom stereocenters. The lowest BCUT2D eigenvalue weighted by Crippen LogP contribution is -2.43. The number of piperidine rings is 1. The highest BCUT2D eigenvalue weighted by Crippen LogP contribution is 2.28. The summed E-state index contributed by atoms with van der Waals surface area (Å²) in [7, 11) is -1.09. The smallest absolute Gasteiger partial charge is 0.339 e. The Bertz CT molecular complexity index is 1080. The van der Waals surface area contributed by atoms with Crippen LogP contribution >= 0.6 is 0 Å². The molecule has 0 saturated carbocycles. The third-order valence-electron chi connectivity index (χ3n) is 5.70. The van der Waals surface area contributed by atoms with Gasteiger partial charge in [-0.3, -0.25) is 4.79 Å². The number of methoxy groups -OCH3 is 2. The first kappa shape index (κ1) is 23.7. The molecule has 0 unspecified atom stereocenters. The van der Waals surface area contributed by atoms with Crippen LogP contribution in [0.2, 0.25) is 0 Å². The van der Waals surface area contributed by atoms with E-state index in [4.69, 9.17) is 9.47 Å². The number of para-hydroxylation sites is 1. The molecule has 1 amide bonds. The van der Waals surface area contributed by atoms with Crippen LogP contribution < -0.4 is 10.1 Å². The SMILES string of the molecule is COC(=O)c1ccccc1S(=O)(=O)N1CCC(C(=O)N[C@@H](C)c2ccccc2OC)CC1. The minimum atomic E-state index is -3.89. The van der Waals surface area contributed by atoms with Gasteiger partial charge in [0.15, 0.2) is 0 Å². The lowest BCUT2D eigenvalue weighted by molar-refractivity contribution is -0.126. The summed E-state index contributed by atoms with van der Waals surface area (Å²) in [6, 6.07) is 13.2. The summed E-state index contributed by atoms with van der Waals surface area (Å²) in [6.45, 7) is 2.27. The monoisotopic (exact) mass is 460 g/mol. The lowest BCUT2D eigenvalue weighted by Gasteiger charge is -2.31. The number of ether oxygens (including phenoxy) is 2. The van der Waals surface area contributed by atoms with E-state index >= 15 is 0 Å². The van der Waals surface area contributed by atoms with Gasteiger partial charge in [-0.15, -0.1) is 0 Å². The number of carbonyl (C=O) groups is 2. The van der Waals surface area contributed by atoms with Crippen LogP contribution in [-0.2, 0) is 19.6 Å². The van der Waals surface area contributed by atoms with E-state index < -0.39 is 16.0 Å². The number of hydrogen-bond donors (Lipinski definition) is 1. The van der Waals surface area contributed by atoms with Gasteiger partial charge in [-0.25, -0.2) is 13.2 Å². The van der Waals surface area contributed by atoms with Crippen molar-refractivity contribution < 1.29 is 27.5 Å². The molecule has 1 heterocycles. The molecule has 8 nitrogen and oxygen atoms in total. The molecule has 1 saturated heterocycles. The largest absolute Gasteiger partial charge is 0.496 e. The van der Waals surface area contributed by atoms with Gasteiger partial charge in [0.25, 0.3) is 0 Å². The standard InChI is InChI=1S/C23H28N2O6S/c1-16(18-8-4-6-10-20(18)30-2)24-22(26)17-12-14-25(15-13-17)32(28,29)21-11-7-5-9-19(21)23(27)31-3/h4-11,16-17H,12-15H2,1-3H3,(H,24,26)/t16-/m0/s1. The maximum Gasteiger partial charge on any atom is 0.339 e. The van der Waals surface area contributed by atoms with Crippen LogP contribution in [0.25, 0.3) is 0 Å². The Morgan fingerprint density at radius 3 is 2.31 bits per heavy atom. The minimum Gasteiger partial charge on any atom is -0.496 e. The number of rotatable bonds is 7. The number of sulfonamides is 1. The summed E-state index contributed by atoms with van der Waals surface area (Å²) < 4.78 is 37.7. The summed E-state index contributed by atoms with van der Waals surface area (Å²) in [5, 5.41) is 3.01. The quantitative estimate of drug-likeness (QED) is 0.638. The molecule has 3 rings (SSSR count). The molecule has 2 aromatic rings. The van der Waals surface area contributed by atoms with Crippen LogP contribution in [0.1, 0.15) is 41.7 Å². The third kappa shape index (κ3) is 4.94. The van der Waals surface area contributed by atoms with Gasteiger partial charge in [0.05, 0.1) is 30.7 Å². The van der Waals surface area contributed by atoms with Gasteiger partial charge in [0.1, 0.15) is 5.75 Å². The molecular weight excluding hydrogens is 432 g/mol. The first-order chi connectivity index (χ1) is 15.3. The molecule has 0 aliphatic carbocycles. The van der Waals surface area contributed by atoms with E-state index in [-0.39, 0.29) is 41.4 Å². The predicted molar refractivity (Wildman–Crippen MR) is 119 cm³/mol. The topological polar surface area (TPSA) is 102 Å². The zero-order chi connectivity index (χ0) is 23.3. The highest BCUT2D eigenvalue weighted by Gasteiger charge is 2.34. The average molecular weight is 461 g/mol. The maximum atomic E-state index is 13.1. The summed E-state index contributed by atoms with van der Waals surface area (Å²) in [5.41, 5.74) is 0.878. The van der Waals surface area contributed by atoms with Crippen molar-refractivity contribution in [2.24, 2.45) is 5.92 Å². The Kier molecular flexibility index (Phi) is 7.52. The third-order valence-corrected chi connectivity index (χ3v) is 7.66. The molecule has 9 heteroatoms. The molecule has 0 aromatic heterocycles. The van der Waals surface area contributed by atoms with Gasteiger partial charge >= 0.3 is 5.97 Å². The molecule has 1 N–H and O–H groups in total. The second kappa shape index (κ2) is 10.1. The fourth-order valence-corrected chi connectivity index (χ4v) is 5.55. The number of nitrogens with zero attached hydrogens (tertiary/aromatic N) is 1. The Balaban J connectivity index is 1.66. The number of benzene rings is 2. The number of amides is 1. The van der Waals surface area contributed by atoms with Crippen molar-refractivity contribution in [3.05, 3.63) is 59.7 Å². The minimum absolute atomic E-state index is 0.000463. The van der Waals surface area contributed by atoms with Gasteiger partial charge in [0.2, 0.25) is 15.9 Å². The zero-order valence-electron chi connectivity index (χ0n) is 18.4. The Morgan fingerprint density at radius 2 is 1.66 bits per heavy atom. The van der Waals surface area contributed by atoms with Crippen LogP contribution in [0.15, 0.2) is 53.4 Å². The maximum absolute atomic E-state index is 13.1. The fourth-order valence-electron chi connectivity index (χ4n) is 3.90. The summed E-state index contributed by atoms with van der Waals surface area (Å²) >= 11 is 0. The number of hydrogen-bond acceptors (Lipinski definition) is 6. The molecule has 1 aliphatic heterocycles. The van der Waals surface area contributed by atoms with Crippen LogP contribution in [-0.4, -0.2) is 51.9 Å². The highest BCUT2D eigenvalue weighted by molar-refractivity contribution is 7.89. The normalized spacial score (nSPS) is 16.2. The summed E-state index contributed by atoms with van der Waals surface area (Å²) in [5.74, 6) is -0.417. The van der Waals surface area contributed by atoms with Crippen molar-refractivity contribution in [3.63, 3.8) is 0 Å². The number of nitrogens with one attached hydrogen (secondary N) is 1. The van der Waals surface area contributed by atoms with E-state index in [0.717, 1.165) is 5.56 Å². The highest BCUT2D eigenvalue weighted by atomic mass is 32.2. The molecule has 1 fully saturated rings. The predicted octanol–water partition coefficient (Wildman–Crippen LogP) is 2.76. The van der Waals surface area contributed by atoms with Crippen molar-refractivity contribution in [1.29, 1.82) is 0 Å². The number of esters is 1. The molecule has 2 aromatic carbocycles. The van der Waals surface area contributed by atoms with Gasteiger partial charge in [-0.2, -0.15) is 4.31 Å². The van der Waals surface area contributed by atoms with Crippen molar-refractivity contribution in [3.8, 4) is 5.75 Å². The first-order valence-electron chi connectivity index (χ1n) is 10.4. The summed E-state index contributed by atoms with van der Waals surface area (Å²) in [6.07, 6.45) is 0.786. The van der Waals surface area contributed by atoms with Crippen molar-refractivity contribution in [1.82, 2.24) is 9.62 Å². The van der Waals surface area contributed by atoms with Crippen LogP contribution in [0.3, 0.4) is 0 Å². The van der Waals surface area contributed by atoms with Gasteiger partial charge < -0.3 is 14.8 Å². The van der Waals surface area contributed by atoms with Crippen molar-refractivity contribution in [2.45, 2.75) is 30.7 Å². The van der Waals surface area contributed by atoms with Gasteiger partial charge in [-0.05, 0) is 38.0 Å². The van der Waals surface area contributed by atoms with E-state index in [0.29, 0.717) is 18.6 Å². The van der Waals surface area contributed by atoms with Gasteiger partial charge in [-0.1, -0.05) is 30.3 Å². The second-order valence-electron chi connectivity index (χ2n) is 7.64. The zero-order valence-corrected chi connectivity index (χ0v) is 19.2. The average Bonchev–Trinajstić information content (AvgIpc) is 2.83. The van der Waals surface area contributed by atoms with E-state index in [2.05, 4.69) is 5.32 Å². The van der Waals surface area contributed by atoms with E-state index in [1.54, 1.807) is 19.2 Å². The van der Waals surface area contributed by atoms with E-state index in [1.807, 2.05) is 31.2 Å². The van der Waals surface area contributed by atoms with Crippen LogP contribution in [0.4, 0.5) is 0 Å². The van der Waals surface area contributed by atoms with Crippen molar-refractivity contribution >= 4 is 21.9 Å². The second-order valence-corrected chi connectivity index (χ2v) is 9.54. The Labute approximate surface area is 188 Å². The molecule has 1 aliphatic rings. The molecule has 0 bridgehead atoms.